The van der Waals surface area contributed by atoms with Crippen LogP contribution in [0.1, 0.15) is 41.4 Å². The van der Waals surface area contributed by atoms with E-state index in [0.29, 0.717) is 13.2 Å². The van der Waals surface area contributed by atoms with E-state index in [4.69, 9.17) is 4.74 Å². The van der Waals surface area contributed by atoms with Gasteiger partial charge in [-0.05, 0) is 44.2 Å². The van der Waals surface area contributed by atoms with Gasteiger partial charge in [0.25, 0.3) is 5.91 Å². The van der Waals surface area contributed by atoms with Gasteiger partial charge in [-0.25, -0.2) is 0 Å². The minimum Gasteiger partial charge on any atom is -0.394 e. The van der Waals surface area contributed by atoms with Crippen LogP contribution < -0.4 is 0 Å². The van der Waals surface area contributed by atoms with Gasteiger partial charge in [-0.3, -0.25) is 4.79 Å². The molecule has 1 saturated heterocycles. The molecule has 4 rings (SSSR count). The zero-order valence-corrected chi connectivity index (χ0v) is 14.0. The van der Waals surface area contributed by atoms with Gasteiger partial charge in [0.15, 0.2) is 0 Å². The molecule has 1 aromatic heterocycles. The van der Waals surface area contributed by atoms with Crippen molar-refractivity contribution in [1.82, 2.24) is 9.88 Å². The maximum absolute atomic E-state index is 13.2. The monoisotopic (exact) mass is 328 g/mol. The number of aromatic nitrogens is 1. The number of carbonyl (C=O) groups is 1. The van der Waals surface area contributed by atoms with Gasteiger partial charge in [-0.2, -0.15) is 0 Å². The molecule has 1 amide bonds. The third-order valence-electron chi connectivity index (χ3n) is 5.33. The van der Waals surface area contributed by atoms with Crippen LogP contribution in [-0.2, 0) is 17.6 Å². The number of ether oxygens (including phenoxy) is 1. The Balaban J connectivity index is 1.73. The Morgan fingerprint density at radius 1 is 1.38 bits per heavy atom. The molecule has 2 atom stereocenters. The summed E-state index contributed by atoms with van der Waals surface area (Å²) in [6.07, 6.45) is 4.30. The minimum absolute atomic E-state index is 0.0140. The lowest BCUT2D eigenvalue weighted by molar-refractivity contribution is -0.0667. The predicted molar refractivity (Wildman–Crippen MR) is 92.3 cm³/mol. The van der Waals surface area contributed by atoms with Crippen LogP contribution in [-0.4, -0.2) is 52.8 Å². The number of aromatic amines is 1. The molecule has 5 heteroatoms. The Morgan fingerprint density at radius 3 is 3.04 bits per heavy atom. The average Bonchev–Trinajstić information content (AvgIpc) is 3.00. The van der Waals surface area contributed by atoms with E-state index in [1.807, 2.05) is 24.0 Å². The zero-order chi connectivity index (χ0) is 16.7. The van der Waals surface area contributed by atoms with E-state index in [0.717, 1.165) is 23.9 Å². The van der Waals surface area contributed by atoms with E-state index in [1.165, 1.54) is 29.5 Å². The minimum atomic E-state index is -0.291. The van der Waals surface area contributed by atoms with Crippen molar-refractivity contribution in [3.8, 4) is 0 Å². The highest BCUT2D eigenvalue weighted by atomic mass is 16.5. The fourth-order valence-electron chi connectivity index (χ4n) is 3.97. The van der Waals surface area contributed by atoms with Gasteiger partial charge >= 0.3 is 0 Å². The van der Waals surface area contributed by atoms with E-state index in [1.54, 1.807) is 0 Å². The first kappa shape index (κ1) is 15.7. The average molecular weight is 328 g/mol. The lowest BCUT2D eigenvalue weighted by atomic mass is 9.95. The molecule has 24 heavy (non-hydrogen) atoms. The number of rotatable bonds is 2. The van der Waals surface area contributed by atoms with Crippen LogP contribution in [0.5, 0.6) is 0 Å². The zero-order valence-electron chi connectivity index (χ0n) is 14.0. The maximum atomic E-state index is 13.2. The molecule has 0 spiro atoms. The van der Waals surface area contributed by atoms with Crippen molar-refractivity contribution >= 4 is 16.8 Å². The highest BCUT2D eigenvalue weighted by Gasteiger charge is 2.31. The molecule has 2 heterocycles. The smallest absolute Gasteiger partial charge is 0.256 e. The summed E-state index contributed by atoms with van der Waals surface area (Å²) in [6.45, 7) is 2.84. The van der Waals surface area contributed by atoms with Crippen molar-refractivity contribution in [2.24, 2.45) is 0 Å². The molecule has 2 N–H and O–H groups in total. The van der Waals surface area contributed by atoms with E-state index in [9.17, 15) is 9.90 Å². The molecule has 0 saturated carbocycles. The van der Waals surface area contributed by atoms with E-state index < -0.39 is 0 Å². The number of aryl methyl sites for hydroxylation is 2. The highest BCUT2D eigenvalue weighted by Crippen LogP contribution is 2.31. The second-order valence-corrected chi connectivity index (χ2v) is 6.96. The van der Waals surface area contributed by atoms with Crippen molar-refractivity contribution in [1.29, 1.82) is 0 Å². The number of carbonyl (C=O) groups excluding carboxylic acids is 1. The Kier molecular flexibility index (Phi) is 4.06. The summed E-state index contributed by atoms with van der Waals surface area (Å²) in [4.78, 5) is 18.5. The van der Waals surface area contributed by atoms with E-state index in [-0.39, 0.29) is 24.7 Å². The first-order valence-electron chi connectivity index (χ1n) is 8.85. The van der Waals surface area contributed by atoms with Crippen LogP contribution in [0.15, 0.2) is 18.2 Å². The number of morpholine rings is 1. The normalized spacial score (nSPS) is 24.2. The number of nitrogens with zero attached hydrogens (tertiary/aromatic N) is 1. The molecular formula is C19H24N2O3. The number of aliphatic hydroxyl groups excluding tert-OH is 1. The Bertz CT molecular complexity index is 767. The topological polar surface area (TPSA) is 65.6 Å². The molecule has 1 aliphatic carbocycles. The molecular weight excluding hydrogens is 304 g/mol. The summed E-state index contributed by atoms with van der Waals surface area (Å²) >= 11 is 0. The lowest BCUT2D eigenvalue weighted by Crippen LogP contribution is -2.52. The van der Waals surface area contributed by atoms with Crippen LogP contribution in [0.2, 0.25) is 0 Å². The Hall–Kier alpha value is -1.85. The van der Waals surface area contributed by atoms with Gasteiger partial charge in [0, 0.05) is 17.6 Å². The first-order chi connectivity index (χ1) is 11.7. The summed E-state index contributed by atoms with van der Waals surface area (Å²) in [5.74, 6) is 0.0217. The number of H-pyrrole nitrogens is 1. The highest BCUT2D eigenvalue weighted by molar-refractivity contribution is 6.07. The predicted octanol–water partition coefficient (Wildman–Crippen LogP) is 2.27. The van der Waals surface area contributed by atoms with Crippen LogP contribution in [0.25, 0.3) is 10.9 Å². The molecule has 2 unspecified atom stereocenters. The number of aliphatic hydroxyl groups is 1. The number of fused-ring (bicyclic) bond motifs is 3. The maximum Gasteiger partial charge on any atom is 0.256 e. The second kappa shape index (κ2) is 6.22. The van der Waals surface area contributed by atoms with Gasteiger partial charge in [0.2, 0.25) is 0 Å². The van der Waals surface area contributed by atoms with Crippen molar-refractivity contribution in [2.75, 3.05) is 19.8 Å². The number of hydrogen-bond acceptors (Lipinski definition) is 3. The van der Waals surface area contributed by atoms with Crippen LogP contribution in [0.4, 0.5) is 0 Å². The number of benzene rings is 1. The summed E-state index contributed by atoms with van der Waals surface area (Å²) in [5, 5.41) is 10.6. The summed E-state index contributed by atoms with van der Waals surface area (Å²) in [7, 11) is 0. The van der Waals surface area contributed by atoms with Crippen LogP contribution in [0.3, 0.4) is 0 Å². The SMILES string of the molecule is CC1COC(CO)CN1C(=O)c1cccc2c3c([nH]c12)CCCC3. The van der Waals surface area contributed by atoms with Crippen molar-refractivity contribution in [3.63, 3.8) is 0 Å². The van der Waals surface area contributed by atoms with Gasteiger partial charge in [-0.1, -0.05) is 12.1 Å². The van der Waals surface area contributed by atoms with Crippen molar-refractivity contribution < 1.29 is 14.6 Å². The molecule has 2 aromatic rings. The molecule has 2 aliphatic rings. The molecule has 0 radical (unpaired) electrons. The van der Waals surface area contributed by atoms with Gasteiger partial charge in [0.05, 0.1) is 36.4 Å². The number of hydrogen-bond donors (Lipinski definition) is 2. The fourth-order valence-corrected chi connectivity index (χ4v) is 3.97. The number of para-hydroxylation sites is 1. The quantitative estimate of drug-likeness (QED) is 0.889. The number of amides is 1. The summed E-state index contributed by atoms with van der Waals surface area (Å²) in [5.41, 5.74) is 4.37. The number of nitrogens with one attached hydrogen (secondary N) is 1. The molecule has 1 aromatic carbocycles. The van der Waals surface area contributed by atoms with Crippen LogP contribution in [0, 0.1) is 0 Å². The molecule has 1 fully saturated rings. The third-order valence-corrected chi connectivity index (χ3v) is 5.33. The van der Waals surface area contributed by atoms with Gasteiger partial charge in [0.1, 0.15) is 0 Å². The first-order valence-corrected chi connectivity index (χ1v) is 8.85. The Labute approximate surface area is 141 Å². The Morgan fingerprint density at radius 2 is 2.21 bits per heavy atom. The summed E-state index contributed by atoms with van der Waals surface area (Å²) in [6, 6.07) is 6.02. The second-order valence-electron chi connectivity index (χ2n) is 6.96. The molecule has 0 bridgehead atoms. The molecule has 128 valence electrons. The van der Waals surface area contributed by atoms with Crippen molar-refractivity contribution in [3.05, 3.63) is 35.0 Å². The largest absolute Gasteiger partial charge is 0.394 e. The lowest BCUT2D eigenvalue weighted by Gasteiger charge is -2.37. The molecule has 1 aliphatic heterocycles. The van der Waals surface area contributed by atoms with Crippen LogP contribution >= 0.6 is 0 Å². The standard InChI is InChI=1S/C19H24N2O3/c1-12-11-24-13(10-22)9-21(12)19(23)16-7-4-6-15-14-5-2-3-8-17(14)20-18(15)16/h4,6-7,12-13,20,22H,2-3,5,8-11H2,1H3. The van der Waals surface area contributed by atoms with Crippen molar-refractivity contribution in [2.45, 2.75) is 44.8 Å². The third kappa shape index (κ3) is 2.52. The van der Waals surface area contributed by atoms with Gasteiger partial charge < -0.3 is 19.7 Å². The van der Waals surface area contributed by atoms with E-state index in [2.05, 4.69) is 11.1 Å². The van der Waals surface area contributed by atoms with E-state index >= 15 is 0 Å². The molecule has 5 nitrogen and oxygen atoms in total. The fraction of sp³-hybridized carbons (Fsp3) is 0.526. The van der Waals surface area contributed by atoms with Gasteiger partial charge in [-0.15, -0.1) is 0 Å². The summed E-state index contributed by atoms with van der Waals surface area (Å²) < 4.78 is 5.56.